The van der Waals surface area contributed by atoms with Crippen LogP contribution >= 0.6 is 22.7 Å². The number of ether oxygens (including phenoxy) is 3. The molecule has 50 heavy (non-hydrogen) atoms. The minimum Gasteiger partial charge on any atom is -0.460 e. The third kappa shape index (κ3) is 7.06. The Morgan fingerprint density at radius 2 is 1.62 bits per heavy atom. The van der Waals surface area contributed by atoms with E-state index in [2.05, 4.69) is 10.2 Å². The van der Waals surface area contributed by atoms with Crippen LogP contribution in [0.5, 0.6) is 0 Å². The molecule has 4 heterocycles. The number of hydrogen-bond donors (Lipinski definition) is 2. The summed E-state index contributed by atoms with van der Waals surface area (Å²) in [4.78, 5) is 44.6. The Hall–Kier alpha value is -4.49. The number of carbonyl (C=O) groups is 3. The van der Waals surface area contributed by atoms with Crippen molar-refractivity contribution in [2.24, 2.45) is 5.41 Å². The molecule has 0 bridgehead atoms. The summed E-state index contributed by atoms with van der Waals surface area (Å²) in [5.41, 5.74) is 0.922. The highest BCUT2D eigenvalue weighted by Crippen LogP contribution is 2.51. The van der Waals surface area contributed by atoms with Crippen molar-refractivity contribution in [3.8, 4) is 0 Å². The number of hydrogen-bond acceptors (Lipinski definition) is 10. The maximum Gasteiger partial charge on any atom is 0.349 e. The number of thiophene rings is 2. The smallest absolute Gasteiger partial charge is 0.349 e. The fourth-order valence-electron chi connectivity index (χ4n) is 6.92. The second-order valence-electron chi connectivity index (χ2n) is 13.1. The largest absolute Gasteiger partial charge is 0.460 e. The zero-order valence-electron chi connectivity index (χ0n) is 27.7. The fourth-order valence-corrected chi connectivity index (χ4v) is 8.64. The Bertz CT molecular complexity index is 1780. The normalized spacial score (nSPS) is 17.5. The lowest BCUT2D eigenvalue weighted by molar-refractivity contribution is -0.181. The van der Waals surface area contributed by atoms with Crippen LogP contribution in [0, 0.1) is 5.41 Å². The maximum atomic E-state index is 13.3. The zero-order valence-corrected chi connectivity index (χ0v) is 29.3. The van der Waals surface area contributed by atoms with Gasteiger partial charge in [0.05, 0.1) is 9.75 Å². The van der Waals surface area contributed by atoms with Crippen LogP contribution in [0.1, 0.15) is 64.1 Å². The van der Waals surface area contributed by atoms with E-state index < -0.39 is 17.9 Å². The summed E-state index contributed by atoms with van der Waals surface area (Å²) >= 11 is 2.69. The molecule has 1 spiro atoms. The molecule has 0 unspecified atom stereocenters. The number of nitrogens with one attached hydrogen (secondary N) is 1. The van der Waals surface area contributed by atoms with E-state index in [1.165, 1.54) is 35.2 Å². The third-order valence-corrected chi connectivity index (χ3v) is 11.9. The summed E-state index contributed by atoms with van der Waals surface area (Å²) in [7, 11) is 1.74. The van der Waals surface area contributed by atoms with E-state index in [0.717, 1.165) is 44.3 Å². The van der Waals surface area contributed by atoms with Crippen molar-refractivity contribution in [1.29, 1.82) is 0 Å². The summed E-state index contributed by atoms with van der Waals surface area (Å²) in [5, 5.41) is 18.1. The highest BCUT2D eigenvalue weighted by Gasteiger charge is 2.51. The first-order valence-corrected chi connectivity index (χ1v) is 18.5. The van der Waals surface area contributed by atoms with E-state index >= 15 is 0 Å². The summed E-state index contributed by atoms with van der Waals surface area (Å²) < 4.78 is 16.6. The molecule has 260 valence electrons. The van der Waals surface area contributed by atoms with Gasteiger partial charge in [0.25, 0.3) is 12.2 Å². The van der Waals surface area contributed by atoms with Crippen molar-refractivity contribution in [3.05, 3.63) is 117 Å². The second kappa shape index (κ2) is 14.4. The lowest BCUT2D eigenvalue weighted by atomic mass is 9.61. The van der Waals surface area contributed by atoms with Crippen LogP contribution in [0.4, 0.5) is 11.4 Å². The third-order valence-electron chi connectivity index (χ3n) is 9.97. The summed E-state index contributed by atoms with van der Waals surface area (Å²) in [5.74, 6) is -0.905. The predicted octanol–water partition coefficient (Wildman–Crippen LogP) is 6.66. The van der Waals surface area contributed by atoms with Crippen molar-refractivity contribution in [3.63, 3.8) is 0 Å². The van der Waals surface area contributed by atoms with E-state index in [9.17, 15) is 19.5 Å². The predicted molar refractivity (Wildman–Crippen MR) is 192 cm³/mol. The van der Waals surface area contributed by atoms with Crippen LogP contribution in [0.2, 0.25) is 0 Å². The van der Waals surface area contributed by atoms with Gasteiger partial charge in [-0.15, -0.1) is 22.7 Å². The topological polar surface area (TPSA) is 118 Å². The van der Waals surface area contributed by atoms with Gasteiger partial charge in [0.2, 0.25) is 11.5 Å². The molecule has 0 radical (unpaired) electrons. The van der Waals surface area contributed by atoms with E-state index in [1.54, 1.807) is 54.4 Å². The molecule has 1 saturated heterocycles. The van der Waals surface area contributed by atoms with Gasteiger partial charge in [-0.05, 0) is 110 Å². The number of esters is 1. The Kier molecular flexibility index (Phi) is 9.78. The quantitative estimate of drug-likeness (QED) is 0.166. The molecular weight excluding hydrogens is 675 g/mol. The van der Waals surface area contributed by atoms with Gasteiger partial charge in [0, 0.05) is 42.5 Å². The number of benzene rings is 2. The van der Waals surface area contributed by atoms with Crippen LogP contribution in [0.15, 0.2) is 96.1 Å². The summed E-state index contributed by atoms with van der Waals surface area (Å²) in [6, 6.07) is 21.5. The Morgan fingerprint density at radius 3 is 2.24 bits per heavy atom. The molecule has 2 N–H and O–H groups in total. The lowest BCUT2D eigenvalue weighted by Crippen LogP contribution is -2.52. The first kappa shape index (κ1) is 34.0. The first-order chi connectivity index (χ1) is 24.2. The van der Waals surface area contributed by atoms with Gasteiger partial charge in [0.1, 0.15) is 18.6 Å². The van der Waals surface area contributed by atoms with Crippen LogP contribution in [0.3, 0.4) is 0 Å². The molecule has 4 aromatic rings. The number of likely N-dealkylation sites (tertiary alicyclic amines) is 1. The van der Waals surface area contributed by atoms with Crippen molar-refractivity contribution in [2.75, 3.05) is 36.9 Å². The molecule has 2 fully saturated rings. The van der Waals surface area contributed by atoms with E-state index in [4.69, 9.17) is 14.2 Å². The van der Waals surface area contributed by atoms with E-state index in [0.29, 0.717) is 39.7 Å². The number of piperidine rings is 1. The Morgan fingerprint density at radius 1 is 0.960 bits per heavy atom. The summed E-state index contributed by atoms with van der Waals surface area (Å²) in [6.07, 6.45) is 6.19. The average molecular weight is 714 g/mol. The van der Waals surface area contributed by atoms with Crippen LogP contribution in [0.25, 0.3) is 0 Å². The highest BCUT2D eigenvalue weighted by atomic mass is 32.1. The molecule has 3 aliphatic rings. The van der Waals surface area contributed by atoms with Crippen molar-refractivity contribution < 1.29 is 33.7 Å². The van der Waals surface area contributed by atoms with Gasteiger partial charge in [-0.25, -0.2) is 4.79 Å². The Labute approximate surface area is 298 Å². The van der Waals surface area contributed by atoms with Crippen molar-refractivity contribution in [2.45, 2.75) is 50.1 Å². The van der Waals surface area contributed by atoms with Gasteiger partial charge >= 0.3 is 5.97 Å². The molecule has 1 saturated carbocycles. The van der Waals surface area contributed by atoms with Crippen LogP contribution in [-0.2, 0) is 29.4 Å². The summed E-state index contributed by atoms with van der Waals surface area (Å²) in [6.45, 7) is 2.40. The van der Waals surface area contributed by atoms with E-state index in [1.807, 2.05) is 41.1 Å². The molecule has 1 aliphatic carbocycles. The van der Waals surface area contributed by atoms with Crippen LogP contribution < -0.4 is 10.2 Å². The second-order valence-corrected chi connectivity index (χ2v) is 15.0. The standard InChI is InChI=1S/C38H39N3O7S2/c1-40(29-6-2-5-27(23-29)34(43)39-28-11-9-26(10-12-28)35-46-19-20-47-35)33(42)13-16-41-17-14-37(15-18-41)24-30(25-37)48-36(44)38(45,31-7-3-21-49-31)32-8-4-22-50-32/h2-12,19-23,30,35,45H,13-18,24-25H2,1H3,(H,39,43). The van der Waals surface area contributed by atoms with Gasteiger partial charge in [-0.1, -0.05) is 18.2 Å². The molecule has 12 heteroatoms. The SMILES string of the molecule is CN(C(=O)CCN1CCC2(CC1)CC(OC(=O)C(O)(c1cccs1)c1cccs1)C2)c1cccc(C(=O)Nc2ccc(C3OC=CO3)cc2)c1. The van der Waals surface area contributed by atoms with Gasteiger partial charge < -0.3 is 34.4 Å². The number of carbonyl (C=O) groups excluding carboxylic acids is 3. The number of aliphatic hydroxyl groups is 1. The molecule has 2 aromatic heterocycles. The fraction of sp³-hybridized carbons (Fsp3) is 0.342. The molecule has 7 rings (SSSR count). The molecule has 2 aromatic carbocycles. The van der Waals surface area contributed by atoms with Crippen molar-refractivity contribution in [1.82, 2.24) is 4.90 Å². The lowest BCUT2D eigenvalue weighted by Gasteiger charge is -2.51. The maximum absolute atomic E-state index is 13.3. The first-order valence-electron chi connectivity index (χ1n) is 16.7. The van der Waals surface area contributed by atoms with E-state index in [-0.39, 0.29) is 23.3 Å². The van der Waals surface area contributed by atoms with Gasteiger partial charge in [-0.2, -0.15) is 0 Å². The van der Waals surface area contributed by atoms with Gasteiger partial charge in [0.15, 0.2) is 0 Å². The van der Waals surface area contributed by atoms with Gasteiger partial charge in [-0.3, -0.25) is 9.59 Å². The number of nitrogens with zero attached hydrogens (tertiary/aromatic N) is 2. The Balaban J connectivity index is 0.855. The van der Waals surface area contributed by atoms with Crippen LogP contribution in [-0.4, -0.2) is 60.6 Å². The molecule has 0 atom stereocenters. The molecule has 2 aliphatic heterocycles. The number of amides is 2. The molecule has 10 nitrogen and oxygen atoms in total. The minimum atomic E-state index is -1.78. The highest BCUT2D eigenvalue weighted by molar-refractivity contribution is 7.12. The monoisotopic (exact) mass is 713 g/mol. The van der Waals surface area contributed by atoms with Crippen molar-refractivity contribution >= 4 is 51.8 Å². The minimum absolute atomic E-state index is 0.0242. The molecular formula is C38H39N3O7S2. The zero-order chi connectivity index (χ0) is 34.7. The molecule has 2 amide bonds. The average Bonchev–Trinajstić information content (AvgIpc) is 3.95. The number of anilines is 2. The number of rotatable bonds is 11.